The third-order valence-corrected chi connectivity index (χ3v) is 3.59. The van der Waals surface area contributed by atoms with E-state index < -0.39 is 0 Å². The first kappa shape index (κ1) is 9.71. The van der Waals surface area contributed by atoms with Crippen LogP contribution in [0.4, 0.5) is 0 Å². The van der Waals surface area contributed by atoms with Crippen molar-refractivity contribution in [2.24, 2.45) is 0 Å². The maximum absolute atomic E-state index is 6.07. The van der Waals surface area contributed by atoms with Crippen molar-refractivity contribution < 1.29 is 4.74 Å². The van der Waals surface area contributed by atoms with Crippen LogP contribution in [0.25, 0.3) is 0 Å². The molecule has 1 aromatic rings. The highest BCUT2D eigenvalue weighted by atomic mass is 16.5. The predicted molar refractivity (Wildman–Crippen MR) is 65.9 cm³/mol. The number of ether oxygens (including phenoxy) is 1. The molecule has 0 amide bonds. The topological polar surface area (TPSA) is 9.23 Å². The zero-order valence-electron chi connectivity index (χ0n) is 9.79. The van der Waals surface area contributed by atoms with Crippen LogP contribution in [0.2, 0.25) is 0 Å². The van der Waals surface area contributed by atoms with Gasteiger partial charge in [0.1, 0.15) is 11.4 Å². The zero-order chi connectivity index (χ0) is 11.3. The molecular weight excluding hydrogens is 196 g/mol. The number of hydrogen-bond acceptors (Lipinski definition) is 1. The lowest BCUT2D eigenvalue weighted by molar-refractivity contribution is 0.102. The maximum atomic E-state index is 6.07. The molecule has 2 unspecified atom stereocenters. The molecule has 0 spiro atoms. The number of benzene rings is 1. The van der Waals surface area contributed by atoms with Gasteiger partial charge in [0.2, 0.25) is 0 Å². The second-order valence-electron chi connectivity index (χ2n) is 5.12. The van der Waals surface area contributed by atoms with Crippen molar-refractivity contribution in [3.8, 4) is 5.75 Å². The second kappa shape index (κ2) is 3.00. The van der Waals surface area contributed by atoms with Crippen LogP contribution in [-0.2, 0) is 0 Å². The summed E-state index contributed by atoms with van der Waals surface area (Å²) in [6, 6.07) is 6.42. The third kappa shape index (κ3) is 1.31. The van der Waals surface area contributed by atoms with Gasteiger partial charge in [0.15, 0.2) is 0 Å². The van der Waals surface area contributed by atoms with E-state index in [2.05, 4.69) is 50.8 Å². The normalized spacial score (nSPS) is 30.9. The largest absolute Gasteiger partial charge is 0.483 e. The standard InChI is InChI=1S/C15H16O/c1-10-4-5-14-12(8-10)13-9-15(3,16-14)7-6-11(13)2/h4-8,13H,2,9H2,1,3H3. The minimum absolute atomic E-state index is 0.145. The maximum Gasteiger partial charge on any atom is 0.126 e. The molecule has 1 nitrogen and oxygen atoms in total. The van der Waals surface area contributed by atoms with Crippen molar-refractivity contribution in [1.29, 1.82) is 0 Å². The van der Waals surface area contributed by atoms with Gasteiger partial charge in [0.05, 0.1) is 0 Å². The van der Waals surface area contributed by atoms with E-state index in [1.165, 1.54) is 16.7 Å². The molecule has 0 saturated heterocycles. The van der Waals surface area contributed by atoms with Gasteiger partial charge in [-0.1, -0.05) is 30.4 Å². The van der Waals surface area contributed by atoms with Gasteiger partial charge in [-0.05, 0) is 31.6 Å². The predicted octanol–water partition coefficient (Wildman–Crippen LogP) is 3.75. The Morgan fingerprint density at radius 3 is 3.06 bits per heavy atom. The molecule has 2 bridgehead atoms. The number of fused-ring (bicyclic) bond motifs is 4. The summed E-state index contributed by atoms with van der Waals surface area (Å²) in [5.74, 6) is 1.45. The summed E-state index contributed by atoms with van der Waals surface area (Å²) in [4.78, 5) is 0. The Morgan fingerprint density at radius 1 is 1.44 bits per heavy atom. The molecule has 1 heteroatoms. The zero-order valence-corrected chi connectivity index (χ0v) is 9.79. The van der Waals surface area contributed by atoms with Crippen molar-refractivity contribution in [2.75, 3.05) is 0 Å². The number of hydrogen-bond donors (Lipinski definition) is 0. The SMILES string of the molecule is C=C1C=CC2(C)CC1c1cc(C)ccc1O2. The fourth-order valence-corrected chi connectivity index (χ4v) is 2.67. The van der Waals surface area contributed by atoms with Crippen LogP contribution >= 0.6 is 0 Å². The van der Waals surface area contributed by atoms with Crippen LogP contribution < -0.4 is 4.74 Å². The first-order valence-electron chi connectivity index (χ1n) is 5.75. The lowest BCUT2D eigenvalue weighted by Crippen LogP contribution is -2.38. The first-order chi connectivity index (χ1) is 7.57. The molecule has 0 radical (unpaired) electrons. The quantitative estimate of drug-likeness (QED) is 0.636. The average molecular weight is 212 g/mol. The van der Waals surface area contributed by atoms with Crippen LogP contribution in [0.1, 0.15) is 30.4 Å². The summed E-state index contributed by atoms with van der Waals surface area (Å²) >= 11 is 0. The smallest absolute Gasteiger partial charge is 0.126 e. The molecular formula is C15H16O. The highest BCUT2D eigenvalue weighted by molar-refractivity contribution is 5.50. The fraction of sp³-hybridized carbons (Fsp3) is 0.333. The van der Waals surface area contributed by atoms with Gasteiger partial charge in [-0.3, -0.25) is 0 Å². The van der Waals surface area contributed by atoms with Gasteiger partial charge >= 0.3 is 0 Å². The van der Waals surface area contributed by atoms with Gasteiger partial charge in [0, 0.05) is 17.9 Å². The number of rotatable bonds is 0. The Bertz CT molecular complexity index is 498. The Morgan fingerprint density at radius 2 is 2.25 bits per heavy atom. The van der Waals surface area contributed by atoms with E-state index in [-0.39, 0.29) is 5.60 Å². The van der Waals surface area contributed by atoms with Crippen molar-refractivity contribution in [3.63, 3.8) is 0 Å². The molecule has 3 rings (SSSR count). The van der Waals surface area contributed by atoms with E-state index in [9.17, 15) is 0 Å². The summed E-state index contributed by atoms with van der Waals surface area (Å²) in [5, 5.41) is 0. The van der Waals surface area contributed by atoms with E-state index >= 15 is 0 Å². The minimum atomic E-state index is -0.145. The van der Waals surface area contributed by atoms with Gasteiger partial charge < -0.3 is 4.74 Å². The second-order valence-corrected chi connectivity index (χ2v) is 5.12. The van der Waals surface area contributed by atoms with E-state index in [4.69, 9.17) is 4.74 Å². The Balaban J connectivity index is 2.19. The lowest BCUT2D eigenvalue weighted by atomic mass is 9.75. The molecule has 0 aromatic heterocycles. The molecule has 2 atom stereocenters. The fourth-order valence-electron chi connectivity index (χ4n) is 2.67. The van der Waals surface area contributed by atoms with Gasteiger partial charge in [-0.2, -0.15) is 0 Å². The van der Waals surface area contributed by atoms with Crippen molar-refractivity contribution in [1.82, 2.24) is 0 Å². The molecule has 16 heavy (non-hydrogen) atoms. The van der Waals surface area contributed by atoms with Crippen molar-refractivity contribution >= 4 is 0 Å². The van der Waals surface area contributed by atoms with Crippen LogP contribution in [-0.4, -0.2) is 5.60 Å². The summed E-state index contributed by atoms with van der Waals surface area (Å²) in [7, 11) is 0. The molecule has 1 aliphatic heterocycles. The highest BCUT2D eigenvalue weighted by Gasteiger charge is 2.38. The molecule has 2 aliphatic rings. The van der Waals surface area contributed by atoms with Crippen LogP contribution in [0, 0.1) is 6.92 Å². The summed E-state index contributed by atoms with van der Waals surface area (Å²) in [6.07, 6.45) is 5.26. The van der Waals surface area contributed by atoms with E-state index in [0.717, 1.165) is 12.2 Å². The summed E-state index contributed by atoms with van der Waals surface area (Å²) in [6.45, 7) is 8.42. The Labute approximate surface area is 96.4 Å². The van der Waals surface area contributed by atoms with Crippen LogP contribution in [0.3, 0.4) is 0 Å². The van der Waals surface area contributed by atoms with Gasteiger partial charge in [0.25, 0.3) is 0 Å². The minimum Gasteiger partial charge on any atom is -0.483 e. The van der Waals surface area contributed by atoms with E-state index in [1.54, 1.807) is 0 Å². The molecule has 1 aromatic carbocycles. The Kier molecular flexibility index (Phi) is 1.82. The number of aryl methyl sites for hydroxylation is 1. The Hall–Kier alpha value is -1.50. The summed E-state index contributed by atoms with van der Waals surface area (Å²) < 4.78 is 6.07. The highest BCUT2D eigenvalue weighted by Crippen LogP contribution is 2.47. The van der Waals surface area contributed by atoms with Crippen molar-refractivity contribution in [3.05, 3.63) is 53.6 Å². The van der Waals surface area contributed by atoms with Gasteiger partial charge in [-0.15, -0.1) is 0 Å². The van der Waals surface area contributed by atoms with Crippen LogP contribution in [0.15, 0.2) is 42.5 Å². The first-order valence-corrected chi connectivity index (χ1v) is 5.75. The van der Waals surface area contributed by atoms with E-state index in [0.29, 0.717) is 5.92 Å². The molecule has 1 aliphatic carbocycles. The monoisotopic (exact) mass is 212 g/mol. The molecule has 82 valence electrons. The van der Waals surface area contributed by atoms with Gasteiger partial charge in [-0.25, -0.2) is 0 Å². The molecule has 0 fully saturated rings. The molecule has 0 N–H and O–H groups in total. The number of allylic oxidation sites excluding steroid dienone is 2. The van der Waals surface area contributed by atoms with Crippen LogP contribution in [0.5, 0.6) is 5.75 Å². The third-order valence-electron chi connectivity index (χ3n) is 3.59. The summed E-state index contributed by atoms with van der Waals surface area (Å²) in [5.41, 5.74) is 3.64. The molecule has 1 heterocycles. The average Bonchev–Trinajstić information content (AvgIpc) is 2.25. The van der Waals surface area contributed by atoms with Crippen molar-refractivity contribution in [2.45, 2.75) is 31.8 Å². The molecule has 0 saturated carbocycles. The lowest BCUT2D eigenvalue weighted by Gasteiger charge is -2.41. The van der Waals surface area contributed by atoms with E-state index in [1.807, 2.05) is 0 Å².